The van der Waals surface area contributed by atoms with Gasteiger partial charge >= 0.3 is 0 Å². The van der Waals surface area contributed by atoms with E-state index in [-0.39, 0.29) is 40.0 Å². The Hall–Kier alpha value is -0.0400. The standard InChI is InChI=1S/C21H36N4O4S3/c1-13-18(11-17(31-13)19-23-21(29-24-19)15-4-5-15)32(27,28)25-8-6-14(7-9-25)20(26)22-12-16-3-2-10-30-16/h13-19,21,23-24H,2-12H2,1H3,(H,22,26). The van der Waals surface area contributed by atoms with Crippen molar-refractivity contribution < 1.29 is 18.0 Å². The van der Waals surface area contributed by atoms with E-state index in [9.17, 15) is 13.2 Å². The van der Waals surface area contributed by atoms with E-state index in [1.807, 2.05) is 18.7 Å². The Labute approximate surface area is 200 Å². The van der Waals surface area contributed by atoms with Crippen molar-refractivity contribution in [2.45, 2.75) is 85.3 Å². The molecule has 0 aromatic heterocycles. The highest BCUT2D eigenvalue weighted by atomic mass is 32.2. The number of hydroxylamine groups is 1. The number of carbonyl (C=O) groups is 1. The highest BCUT2D eigenvalue weighted by molar-refractivity contribution is 8.02. The maximum atomic E-state index is 13.5. The first kappa shape index (κ1) is 23.7. The zero-order chi connectivity index (χ0) is 22.3. The molecule has 11 heteroatoms. The monoisotopic (exact) mass is 504 g/mol. The number of rotatable bonds is 7. The van der Waals surface area contributed by atoms with Crippen LogP contribution in [0.5, 0.6) is 0 Å². The van der Waals surface area contributed by atoms with Crippen molar-refractivity contribution in [3.63, 3.8) is 0 Å². The fourth-order valence-corrected chi connectivity index (χ4v) is 10.8. The minimum atomic E-state index is -3.38. The molecular weight excluding hydrogens is 468 g/mol. The lowest BCUT2D eigenvalue weighted by Gasteiger charge is -2.33. The molecule has 0 radical (unpaired) electrons. The number of nitrogens with zero attached hydrogens (tertiary/aromatic N) is 1. The van der Waals surface area contributed by atoms with Gasteiger partial charge in [-0.15, -0.1) is 0 Å². The van der Waals surface area contributed by atoms with Crippen molar-refractivity contribution in [1.82, 2.24) is 20.4 Å². The molecule has 5 fully saturated rings. The minimum absolute atomic E-state index is 0.000660. The molecule has 0 aromatic carbocycles. The van der Waals surface area contributed by atoms with Gasteiger partial charge in [-0.3, -0.25) is 14.9 Å². The van der Waals surface area contributed by atoms with Crippen LogP contribution in [-0.2, 0) is 19.7 Å². The summed E-state index contributed by atoms with van der Waals surface area (Å²) in [6.45, 7) is 3.67. The van der Waals surface area contributed by atoms with Crippen LogP contribution in [-0.4, -0.2) is 77.4 Å². The molecule has 1 aliphatic carbocycles. The molecule has 3 N–H and O–H groups in total. The van der Waals surface area contributed by atoms with Crippen LogP contribution in [0, 0.1) is 11.8 Å². The Bertz CT molecular complexity index is 782. The predicted molar refractivity (Wildman–Crippen MR) is 129 cm³/mol. The van der Waals surface area contributed by atoms with Gasteiger partial charge in [-0.2, -0.15) is 29.0 Å². The van der Waals surface area contributed by atoms with Gasteiger partial charge in [-0.25, -0.2) is 12.7 Å². The zero-order valence-electron chi connectivity index (χ0n) is 18.7. The molecule has 5 rings (SSSR count). The molecule has 4 heterocycles. The van der Waals surface area contributed by atoms with Gasteiger partial charge in [0.15, 0.2) is 0 Å². The van der Waals surface area contributed by atoms with Crippen LogP contribution in [0.3, 0.4) is 0 Å². The number of thioether (sulfide) groups is 2. The molecule has 4 saturated heterocycles. The van der Waals surface area contributed by atoms with Crippen LogP contribution in [0.15, 0.2) is 0 Å². The molecule has 1 amide bonds. The Morgan fingerprint density at radius 3 is 2.66 bits per heavy atom. The molecule has 0 spiro atoms. The van der Waals surface area contributed by atoms with E-state index >= 15 is 0 Å². The molecule has 0 aromatic rings. The third-order valence-electron chi connectivity index (χ3n) is 7.56. The lowest BCUT2D eigenvalue weighted by Crippen LogP contribution is -2.48. The number of amides is 1. The molecule has 6 atom stereocenters. The molecule has 182 valence electrons. The van der Waals surface area contributed by atoms with E-state index < -0.39 is 10.0 Å². The normalized spacial score (nSPS) is 39.5. The first-order valence-corrected chi connectivity index (χ1v) is 15.6. The molecule has 4 aliphatic heterocycles. The van der Waals surface area contributed by atoms with E-state index in [2.05, 4.69) is 16.1 Å². The molecular formula is C21H36N4O4S3. The van der Waals surface area contributed by atoms with Crippen molar-refractivity contribution in [2.24, 2.45) is 11.8 Å². The van der Waals surface area contributed by atoms with Crippen LogP contribution in [0.4, 0.5) is 0 Å². The van der Waals surface area contributed by atoms with Gasteiger partial charge in [-0.1, -0.05) is 6.92 Å². The molecule has 0 bridgehead atoms. The summed E-state index contributed by atoms with van der Waals surface area (Å²) in [7, 11) is -3.38. The Balaban J connectivity index is 1.11. The van der Waals surface area contributed by atoms with Crippen LogP contribution in [0.1, 0.15) is 51.9 Å². The van der Waals surface area contributed by atoms with Crippen LogP contribution in [0.25, 0.3) is 0 Å². The summed E-state index contributed by atoms with van der Waals surface area (Å²) in [6, 6.07) is 0. The molecule has 8 nitrogen and oxygen atoms in total. The SMILES string of the molecule is CC1SC(C2NOC(C3CC3)N2)CC1S(=O)(=O)N1CCC(C(=O)NCC2CCCS2)CC1. The number of nitrogens with one attached hydrogen (secondary N) is 3. The Morgan fingerprint density at radius 1 is 1.19 bits per heavy atom. The fourth-order valence-electron chi connectivity index (χ4n) is 5.35. The van der Waals surface area contributed by atoms with Crippen molar-refractivity contribution >= 4 is 39.5 Å². The minimum Gasteiger partial charge on any atom is -0.355 e. The number of sulfonamides is 1. The Kier molecular flexibility index (Phi) is 7.34. The highest BCUT2D eigenvalue weighted by Crippen LogP contribution is 2.42. The maximum absolute atomic E-state index is 13.5. The van der Waals surface area contributed by atoms with Crippen LogP contribution >= 0.6 is 23.5 Å². The number of piperidine rings is 1. The first-order chi connectivity index (χ1) is 15.4. The second kappa shape index (κ2) is 9.91. The molecule has 5 aliphatic rings. The largest absolute Gasteiger partial charge is 0.355 e. The maximum Gasteiger partial charge on any atom is 0.223 e. The van der Waals surface area contributed by atoms with E-state index in [1.54, 1.807) is 16.1 Å². The van der Waals surface area contributed by atoms with E-state index in [4.69, 9.17) is 4.84 Å². The summed E-state index contributed by atoms with van der Waals surface area (Å²) >= 11 is 3.68. The van der Waals surface area contributed by atoms with Crippen LogP contribution < -0.4 is 16.1 Å². The summed E-state index contributed by atoms with van der Waals surface area (Å²) < 4.78 is 28.6. The smallest absolute Gasteiger partial charge is 0.223 e. The van der Waals surface area contributed by atoms with Crippen molar-refractivity contribution in [1.29, 1.82) is 0 Å². The lowest BCUT2D eigenvalue weighted by atomic mass is 9.97. The van der Waals surface area contributed by atoms with Gasteiger partial charge in [0.1, 0.15) is 6.23 Å². The topological polar surface area (TPSA) is 99.8 Å². The fraction of sp³-hybridized carbons (Fsp3) is 0.952. The average Bonchev–Trinajstić information content (AvgIpc) is 3.18. The summed E-state index contributed by atoms with van der Waals surface area (Å²) in [5.41, 5.74) is 3.11. The van der Waals surface area contributed by atoms with Gasteiger partial charge in [0.2, 0.25) is 15.9 Å². The van der Waals surface area contributed by atoms with Crippen molar-refractivity contribution in [2.75, 3.05) is 25.4 Å². The van der Waals surface area contributed by atoms with E-state index in [0.29, 0.717) is 43.5 Å². The summed E-state index contributed by atoms with van der Waals surface area (Å²) in [5.74, 6) is 1.81. The predicted octanol–water partition coefficient (Wildman–Crippen LogP) is 1.49. The Morgan fingerprint density at radius 2 is 1.97 bits per heavy atom. The summed E-state index contributed by atoms with van der Waals surface area (Å²) in [4.78, 5) is 18.3. The molecule has 1 saturated carbocycles. The van der Waals surface area contributed by atoms with Gasteiger partial charge in [0.05, 0.1) is 11.4 Å². The summed E-state index contributed by atoms with van der Waals surface area (Å²) in [6.07, 6.45) is 6.73. The van der Waals surface area contributed by atoms with Gasteiger partial charge in [-0.05, 0) is 50.7 Å². The number of carbonyl (C=O) groups excluding carboxylic acids is 1. The van der Waals surface area contributed by atoms with Crippen molar-refractivity contribution in [3.8, 4) is 0 Å². The number of hydrogen-bond acceptors (Lipinski definition) is 8. The van der Waals surface area contributed by atoms with E-state index in [0.717, 1.165) is 6.54 Å². The van der Waals surface area contributed by atoms with Gasteiger partial charge < -0.3 is 5.32 Å². The second-order valence-electron chi connectivity index (χ2n) is 9.89. The quantitative estimate of drug-likeness (QED) is 0.480. The van der Waals surface area contributed by atoms with Crippen molar-refractivity contribution in [3.05, 3.63) is 0 Å². The first-order valence-electron chi connectivity index (χ1n) is 12.1. The number of hydrogen-bond donors (Lipinski definition) is 3. The second-order valence-corrected chi connectivity index (χ2v) is 15.1. The van der Waals surface area contributed by atoms with Gasteiger partial charge in [0, 0.05) is 47.2 Å². The lowest BCUT2D eigenvalue weighted by molar-refractivity contribution is -0.126. The molecule has 6 unspecified atom stereocenters. The third-order valence-corrected chi connectivity index (χ3v) is 13.2. The summed E-state index contributed by atoms with van der Waals surface area (Å²) in [5, 5.41) is 6.99. The highest BCUT2D eigenvalue weighted by Gasteiger charge is 2.49. The third kappa shape index (κ3) is 5.13. The van der Waals surface area contributed by atoms with Crippen LogP contribution in [0.2, 0.25) is 0 Å². The average molecular weight is 505 g/mol. The van der Waals surface area contributed by atoms with E-state index in [1.165, 1.54) is 31.4 Å². The molecule has 32 heavy (non-hydrogen) atoms. The zero-order valence-corrected chi connectivity index (χ0v) is 21.2. The van der Waals surface area contributed by atoms with Gasteiger partial charge in [0.25, 0.3) is 0 Å².